The molecule has 0 amide bonds. The van der Waals surface area contributed by atoms with Crippen molar-refractivity contribution < 1.29 is 0 Å². The molecule has 1 aliphatic heterocycles. The summed E-state index contributed by atoms with van der Waals surface area (Å²) in [6, 6.07) is 6.14. The highest BCUT2D eigenvalue weighted by Gasteiger charge is 2.23. The van der Waals surface area contributed by atoms with Crippen molar-refractivity contribution in [3.63, 3.8) is 0 Å². The molecule has 3 aromatic rings. The molecule has 1 N–H and O–H groups in total. The monoisotopic (exact) mass is 300 g/mol. The van der Waals surface area contributed by atoms with E-state index in [-0.39, 0.29) is 0 Å². The molecule has 108 valence electrons. The molecule has 1 aromatic carbocycles. The van der Waals surface area contributed by atoms with Crippen LogP contribution in [-0.4, -0.2) is 21.1 Å². The maximum absolute atomic E-state index is 6.26. The van der Waals surface area contributed by atoms with Gasteiger partial charge in [-0.25, -0.2) is 4.98 Å². The highest BCUT2D eigenvalue weighted by Crippen LogP contribution is 2.33. The van der Waals surface area contributed by atoms with Crippen LogP contribution in [0.3, 0.4) is 0 Å². The van der Waals surface area contributed by atoms with Gasteiger partial charge in [0, 0.05) is 53.5 Å². The Labute approximate surface area is 128 Å². The molecular formula is C16H17ClN4. The summed E-state index contributed by atoms with van der Waals surface area (Å²) < 4.78 is 2.20. The van der Waals surface area contributed by atoms with Gasteiger partial charge in [0.2, 0.25) is 0 Å². The van der Waals surface area contributed by atoms with Crippen molar-refractivity contribution in [3.05, 3.63) is 46.6 Å². The van der Waals surface area contributed by atoms with Gasteiger partial charge in [0.15, 0.2) is 0 Å². The number of H-pyrrole nitrogens is 1. The Kier molecular flexibility index (Phi) is 2.76. The number of rotatable bonds is 1. The van der Waals surface area contributed by atoms with Crippen LogP contribution < -0.4 is 4.90 Å². The molecule has 0 unspecified atom stereocenters. The number of nitrogens with one attached hydrogen (secondary N) is 1. The third-order valence-electron chi connectivity index (χ3n) is 4.43. The third kappa shape index (κ3) is 1.94. The van der Waals surface area contributed by atoms with Gasteiger partial charge in [-0.3, -0.25) is 0 Å². The molecule has 0 spiro atoms. The lowest BCUT2D eigenvalue weighted by atomic mass is 10.1. The van der Waals surface area contributed by atoms with Crippen molar-refractivity contribution in [2.24, 2.45) is 7.05 Å². The minimum Gasteiger partial charge on any atom is -0.365 e. The quantitative estimate of drug-likeness (QED) is 0.747. The van der Waals surface area contributed by atoms with E-state index < -0.39 is 0 Å². The van der Waals surface area contributed by atoms with E-state index in [9.17, 15) is 0 Å². The van der Waals surface area contributed by atoms with E-state index in [0.29, 0.717) is 0 Å². The average Bonchev–Trinajstić information content (AvgIpc) is 3.03. The smallest absolute Gasteiger partial charge is 0.105 e. The van der Waals surface area contributed by atoms with E-state index in [1.807, 2.05) is 12.3 Å². The largest absolute Gasteiger partial charge is 0.365 e. The lowest BCUT2D eigenvalue weighted by Crippen LogP contribution is -2.31. The summed E-state index contributed by atoms with van der Waals surface area (Å²) in [6.07, 6.45) is 2.98. The highest BCUT2D eigenvalue weighted by molar-refractivity contribution is 6.31. The van der Waals surface area contributed by atoms with Gasteiger partial charge in [-0.15, -0.1) is 0 Å². The number of fused-ring (bicyclic) bond motifs is 2. The fraction of sp³-hybridized carbons (Fsp3) is 0.312. The number of aryl methyl sites for hydroxylation is 1. The van der Waals surface area contributed by atoms with Crippen LogP contribution in [0.25, 0.3) is 10.9 Å². The molecule has 4 rings (SSSR count). The first-order valence-electron chi connectivity index (χ1n) is 7.16. The number of anilines is 1. The predicted molar refractivity (Wildman–Crippen MR) is 86.0 cm³/mol. The molecule has 1 aliphatic rings. The molecule has 3 heterocycles. The van der Waals surface area contributed by atoms with Crippen LogP contribution in [0.4, 0.5) is 5.69 Å². The zero-order valence-electron chi connectivity index (χ0n) is 12.2. The van der Waals surface area contributed by atoms with E-state index in [4.69, 9.17) is 16.6 Å². The summed E-state index contributed by atoms with van der Waals surface area (Å²) >= 11 is 6.26. The SMILES string of the molecule is Cc1nc2c(n1C)CCN(c1cc(Cl)cc3[nH]ccc13)C2. The molecule has 4 nitrogen and oxygen atoms in total. The van der Waals surface area contributed by atoms with Crippen molar-refractivity contribution in [3.8, 4) is 0 Å². The van der Waals surface area contributed by atoms with Gasteiger partial charge in [-0.05, 0) is 25.1 Å². The molecule has 0 saturated carbocycles. The Morgan fingerprint density at radius 3 is 3.05 bits per heavy atom. The second kappa shape index (κ2) is 4.53. The first-order chi connectivity index (χ1) is 10.1. The summed E-state index contributed by atoms with van der Waals surface area (Å²) in [6.45, 7) is 3.90. The molecule has 2 aromatic heterocycles. The van der Waals surface area contributed by atoms with E-state index >= 15 is 0 Å². The number of imidazole rings is 1. The third-order valence-corrected chi connectivity index (χ3v) is 4.65. The van der Waals surface area contributed by atoms with Gasteiger partial charge in [0.1, 0.15) is 5.82 Å². The molecule has 21 heavy (non-hydrogen) atoms. The van der Waals surface area contributed by atoms with Crippen LogP contribution in [-0.2, 0) is 20.0 Å². The molecule has 0 aliphatic carbocycles. The topological polar surface area (TPSA) is 36.9 Å². The molecule has 0 atom stereocenters. The summed E-state index contributed by atoms with van der Waals surface area (Å²) in [5, 5.41) is 1.98. The van der Waals surface area contributed by atoms with Crippen LogP contribution >= 0.6 is 11.6 Å². The van der Waals surface area contributed by atoms with Gasteiger partial charge in [0.25, 0.3) is 0 Å². The van der Waals surface area contributed by atoms with Gasteiger partial charge in [-0.2, -0.15) is 0 Å². The van der Waals surface area contributed by atoms with Crippen molar-refractivity contribution in [2.75, 3.05) is 11.4 Å². The Bertz CT molecular complexity index is 830. The standard InChI is InChI=1S/C16H17ClN4/c1-10-19-14-9-21(6-4-15(14)20(10)2)16-8-11(17)7-13-12(16)3-5-18-13/h3,5,7-8,18H,4,6,9H2,1-2H3. The Balaban J connectivity index is 1.79. The van der Waals surface area contributed by atoms with E-state index in [0.717, 1.165) is 35.9 Å². The summed E-state index contributed by atoms with van der Waals surface area (Å²) in [5.41, 5.74) is 4.81. The van der Waals surface area contributed by atoms with Crippen molar-refractivity contribution in [1.29, 1.82) is 0 Å². The lowest BCUT2D eigenvalue weighted by Gasteiger charge is -2.29. The summed E-state index contributed by atoms with van der Waals surface area (Å²) in [5.74, 6) is 1.08. The number of nitrogens with zero attached hydrogens (tertiary/aromatic N) is 3. The van der Waals surface area contributed by atoms with E-state index in [1.54, 1.807) is 0 Å². The molecule has 0 saturated heterocycles. The van der Waals surface area contributed by atoms with Crippen LogP contribution in [0, 0.1) is 6.92 Å². The van der Waals surface area contributed by atoms with Crippen LogP contribution in [0.5, 0.6) is 0 Å². The number of hydrogen-bond donors (Lipinski definition) is 1. The van der Waals surface area contributed by atoms with Gasteiger partial charge in [0.05, 0.1) is 12.2 Å². The molecule has 0 bridgehead atoms. The Morgan fingerprint density at radius 1 is 1.33 bits per heavy atom. The number of hydrogen-bond acceptors (Lipinski definition) is 2. The summed E-state index contributed by atoms with van der Waals surface area (Å²) in [4.78, 5) is 10.3. The minimum absolute atomic E-state index is 0.767. The number of halogens is 1. The molecule has 0 radical (unpaired) electrons. The maximum Gasteiger partial charge on any atom is 0.105 e. The molecule has 5 heteroatoms. The van der Waals surface area contributed by atoms with Crippen LogP contribution in [0.1, 0.15) is 17.2 Å². The molecule has 0 fully saturated rings. The zero-order valence-corrected chi connectivity index (χ0v) is 12.9. The van der Waals surface area contributed by atoms with Gasteiger partial charge >= 0.3 is 0 Å². The maximum atomic E-state index is 6.26. The zero-order chi connectivity index (χ0) is 14.6. The number of aromatic amines is 1. The predicted octanol–water partition coefficient (Wildman–Crippen LogP) is 3.43. The average molecular weight is 301 g/mol. The molecular weight excluding hydrogens is 284 g/mol. The van der Waals surface area contributed by atoms with Gasteiger partial charge < -0.3 is 14.5 Å². The van der Waals surface area contributed by atoms with Gasteiger partial charge in [-0.1, -0.05) is 11.6 Å². The first kappa shape index (κ1) is 12.8. The first-order valence-corrected chi connectivity index (χ1v) is 7.54. The lowest BCUT2D eigenvalue weighted by molar-refractivity contribution is 0.682. The normalized spacial score (nSPS) is 14.7. The minimum atomic E-state index is 0.767. The number of aromatic nitrogens is 3. The fourth-order valence-electron chi connectivity index (χ4n) is 3.24. The van der Waals surface area contributed by atoms with Crippen molar-refractivity contribution in [1.82, 2.24) is 14.5 Å². The Hall–Kier alpha value is -1.94. The van der Waals surface area contributed by atoms with E-state index in [2.05, 4.69) is 40.6 Å². The number of benzene rings is 1. The van der Waals surface area contributed by atoms with Crippen molar-refractivity contribution in [2.45, 2.75) is 19.9 Å². The van der Waals surface area contributed by atoms with Crippen LogP contribution in [0.2, 0.25) is 5.02 Å². The van der Waals surface area contributed by atoms with Crippen LogP contribution in [0.15, 0.2) is 24.4 Å². The second-order valence-corrected chi connectivity index (χ2v) is 6.08. The fourth-order valence-corrected chi connectivity index (χ4v) is 3.46. The van der Waals surface area contributed by atoms with E-state index in [1.165, 1.54) is 22.5 Å². The highest BCUT2D eigenvalue weighted by atomic mass is 35.5. The van der Waals surface area contributed by atoms with Crippen molar-refractivity contribution >= 4 is 28.2 Å². The summed E-state index contributed by atoms with van der Waals surface area (Å²) in [7, 11) is 2.10. The Morgan fingerprint density at radius 2 is 2.19 bits per heavy atom. The second-order valence-electron chi connectivity index (χ2n) is 5.65.